The van der Waals surface area contributed by atoms with Gasteiger partial charge in [-0.05, 0) is 0 Å². The molecule has 18 N–H and O–H groups in total. The van der Waals surface area contributed by atoms with Gasteiger partial charge in [0, 0.05) is 16.5 Å². The Morgan fingerprint density at radius 1 is 0.333 bits per heavy atom. The van der Waals surface area contributed by atoms with E-state index < -0.39 is 0 Å². The molecule has 9 heteroatoms. The van der Waals surface area contributed by atoms with E-state index in [-0.39, 0.29) is 61.6 Å². The summed E-state index contributed by atoms with van der Waals surface area (Å²) in [5.41, 5.74) is 0. The van der Waals surface area contributed by atoms with E-state index in [0.29, 0.717) is 0 Å². The summed E-state index contributed by atoms with van der Waals surface area (Å²) in [6.45, 7) is 0. The zero-order chi connectivity index (χ0) is 0. The Morgan fingerprint density at radius 3 is 0.333 bits per heavy atom. The molecule has 74 valence electrons. The van der Waals surface area contributed by atoms with E-state index in [1.807, 2.05) is 0 Å². The minimum absolute atomic E-state index is 0. The molecule has 0 unspecified atom stereocenters. The molecule has 0 amide bonds. The molecule has 0 spiro atoms. The van der Waals surface area contributed by atoms with E-state index in [0.717, 1.165) is 0 Å². The molecule has 0 radical (unpaired) electrons. The molecule has 0 saturated carbocycles. The molecule has 0 aliphatic rings. The van der Waals surface area contributed by atoms with Gasteiger partial charge in [0.2, 0.25) is 0 Å². The molecule has 0 atom stereocenters. The van der Waals surface area contributed by atoms with Gasteiger partial charge in [-0.15, -0.1) is 0 Å². The van der Waals surface area contributed by atoms with Crippen molar-refractivity contribution in [2.24, 2.45) is 0 Å². The second-order valence-corrected chi connectivity index (χ2v) is 0. The SMILES string of the molecule is N.N.O.O.O.O.O.O.[Ni]. The fraction of sp³-hybridized carbons (Fsp3) is 0. The third-order valence-corrected chi connectivity index (χ3v) is 0. The largest absolute Gasteiger partial charge is 0.412 e. The van der Waals surface area contributed by atoms with E-state index in [2.05, 4.69) is 0 Å². The molecule has 0 bridgehead atoms. The fourth-order valence-electron chi connectivity index (χ4n) is 0. The van der Waals surface area contributed by atoms with Crippen molar-refractivity contribution in [1.29, 1.82) is 0 Å². The summed E-state index contributed by atoms with van der Waals surface area (Å²) in [4.78, 5) is 0. The van der Waals surface area contributed by atoms with Gasteiger partial charge in [-0.2, -0.15) is 0 Å². The summed E-state index contributed by atoms with van der Waals surface area (Å²) < 4.78 is 0. The van der Waals surface area contributed by atoms with Crippen LogP contribution >= 0.6 is 0 Å². The summed E-state index contributed by atoms with van der Waals surface area (Å²) in [6.07, 6.45) is 0. The topological polar surface area (TPSA) is 259 Å². The maximum absolute atomic E-state index is 0. The molecule has 0 heterocycles. The first-order valence-electron chi connectivity index (χ1n) is 0. The van der Waals surface area contributed by atoms with Crippen molar-refractivity contribution in [2.45, 2.75) is 0 Å². The van der Waals surface area contributed by atoms with Crippen molar-refractivity contribution in [1.82, 2.24) is 12.3 Å². The Kier molecular flexibility index (Phi) is 31600000. The summed E-state index contributed by atoms with van der Waals surface area (Å²) in [5.74, 6) is 0. The predicted molar refractivity (Wildman–Crippen MR) is 31.7 cm³/mol. The van der Waals surface area contributed by atoms with E-state index in [1.165, 1.54) is 0 Å². The normalized spacial score (nSPS) is 0. The van der Waals surface area contributed by atoms with Crippen LogP contribution in [-0.2, 0) is 16.5 Å². The third kappa shape index (κ3) is 10300. The van der Waals surface area contributed by atoms with Gasteiger partial charge >= 0.3 is 0 Å². The fourth-order valence-corrected chi connectivity index (χ4v) is 0. The van der Waals surface area contributed by atoms with E-state index in [9.17, 15) is 0 Å². The summed E-state index contributed by atoms with van der Waals surface area (Å²) in [6, 6.07) is 0. The van der Waals surface area contributed by atoms with Gasteiger partial charge in [0.05, 0.1) is 0 Å². The van der Waals surface area contributed by atoms with Crippen molar-refractivity contribution >= 4 is 0 Å². The average molecular weight is 201 g/mol. The van der Waals surface area contributed by atoms with Gasteiger partial charge in [-0.3, -0.25) is 0 Å². The Balaban J connectivity index is 0. The van der Waals surface area contributed by atoms with Crippen LogP contribution in [0, 0.1) is 0 Å². The Labute approximate surface area is 62.6 Å². The zero-order valence-electron chi connectivity index (χ0n) is 4.73. The van der Waals surface area contributed by atoms with E-state index >= 15 is 0 Å². The smallest absolute Gasteiger partial charge is 0 e. The van der Waals surface area contributed by atoms with Crippen LogP contribution in [0.15, 0.2) is 0 Å². The quantitative estimate of drug-likeness (QED) is 0.365. The van der Waals surface area contributed by atoms with Crippen LogP contribution < -0.4 is 12.3 Å². The number of rotatable bonds is 0. The molecule has 0 aromatic heterocycles. The molecular formula is H18N2NiO6. The molecule has 0 saturated heterocycles. The van der Waals surface area contributed by atoms with Crippen LogP contribution in [-0.4, -0.2) is 32.9 Å². The first-order chi connectivity index (χ1) is 0. The maximum Gasteiger partial charge on any atom is 0 e. The number of hydrogen-bond donors (Lipinski definition) is 2. The standard InChI is InChI=1S/2H3N.Ni.6H2O/h2*1H3;;6*1H2. The minimum atomic E-state index is 0. The van der Waals surface area contributed by atoms with Crippen LogP contribution in [0.5, 0.6) is 0 Å². The zero-order valence-corrected chi connectivity index (χ0v) is 5.72. The predicted octanol–water partition coefficient (Wildman–Crippen LogP) is -4.63. The molecular weight excluding hydrogens is 183 g/mol. The second kappa shape index (κ2) is 14000. The van der Waals surface area contributed by atoms with Gasteiger partial charge in [-0.25, -0.2) is 0 Å². The van der Waals surface area contributed by atoms with Gasteiger partial charge in [0.15, 0.2) is 0 Å². The van der Waals surface area contributed by atoms with Gasteiger partial charge < -0.3 is 45.2 Å². The Hall–Kier alpha value is 0.174. The van der Waals surface area contributed by atoms with Crippen LogP contribution in [0.25, 0.3) is 0 Å². The maximum atomic E-state index is 0. The molecule has 9 heavy (non-hydrogen) atoms. The van der Waals surface area contributed by atoms with Crippen LogP contribution in [0.2, 0.25) is 0 Å². The first kappa shape index (κ1) is 20400. The van der Waals surface area contributed by atoms with Gasteiger partial charge in [0.25, 0.3) is 0 Å². The van der Waals surface area contributed by atoms with Crippen molar-refractivity contribution in [3.8, 4) is 0 Å². The van der Waals surface area contributed by atoms with E-state index in [4.69, 9.17) is 0 Å². The molecule has 0 aromatic rings. The van der Waals surface area contributed by atoms with Crippen LogP contribution in [0.1, 0.15) is 0 Å². The molecule has 0 aliphatic carbocycles. The third-order valence-electron chi connectivity index (χ3n) is 0. The van der Waals surface area contributed by atoms with Crippen molar-refractivity contribution in [3.63, 3.8) is 0 Å². The molecule has 0 aliphatic heterocycles. The summed E-state index contributed by atoms with van der Waals surface area (Å²) >= 11 is 0. The van der Waals surface area contributed by atoms with Crippen molar-refractivity contribution in [2.75, 3.05) is 0 Å². The van der Waals surface area contributed by atoms with Crippen LogP contribution in [0.3, 0.4) is 0 Å². The second-order valence-electron chi connectivity index (χ2n) is 0. The van der Waals surface area contributed by atoms with Gasteiger partial charge in [0.1, 0.15) is 0 Å². The molecule has 8 nitrogen and oxygen atoms in total. The first-order valence-corrected chi connectivity index (χ1v) is 0. The molecule has 0 rings (SSSR count). The van der Waals surface area contributed by atoms with Gasteiger partial charge in [-0.1, -0.05) is 0 Å². The monoisotopic (exact) mass is 200 g/mol. The van der Waals surface area contributed by atoms with E-state index in [1.54, 1.807) is 0 Å². The van der Waals surface area contributed by atoms with Crippen LogP contribution in [0.4, 0.5) is 0 Å². The Morgan fingerprint density at radius 2 is 0.333 bits per heavy atom. The van der Waals surface area contributed by atoms with Crippen molar-refractivity contribution < 1.29 is 49.3 Å². The molecule has 0 aromatic carbocycles. The Bertz CT molecular complexity index is 11.0. The van der Waals surface area contributed by atoms with Crippen molar-refractivity contribution in [3.05, 3.63) is 0 Å². The number of hydrogen-bond acceptors (Lipinski definition) is 2. The molecule has 0 fully saturated rings. The minimum Gasteiger partial charge on any atom is -0.412 e. The average Bonchev–Trinajstić information content (AvgIpc) is 0. The summed E-state index contributed by atoms with van der Waals surface area (Å²) in [7, 11) is 0. The summed E-state index contributed by atoms with van der Waals surface area (Å²) in [5, 5.41) is 0.